The number of nitrogen functional groups attached to an aromatic ring is 1. The zero-order valence-corrected chi connectivity index (χ0v) is 27.0. The van der Waals surface area contributed by atoms with Crippen LogP contribution in [-0.2, 0) is 11.3 Å². The molecule has 1 saturated heterocycles. The average Bonchev–Trinajstić information content (AvgIpc) is 3.48. The first kappa shape index (κ1) is 30.0. The van der Waals surface area contributed by atoms with Crippen molar-refractivity contribution in [3.8, 4) is 28.3 Å². The number of carbonyl (C=O) groups is 1. The molecule has 46 heavy (non-hydrogen) atoms. The van der Waals surface area contributed by atoms with E-state index >= 15 is 0 Å². The van der Waals surface area contributed by atoms with E-state index < -0.39 is 0 Å². The van der Waals surface area contributed by atoms with Crippen LogP contribution < -0.4 is 5.73 Å². The van der Waals surface area contributed by atoms with Crippen LogP contribution in [0, 0.1) is 0 Å². The summed E-state index contributed by atoms with van der Waals surface area (Å²) in [5, 5.41) is 0. The number of likely N-dealkylation sites (N-methyl/N-ethyl adjacent to an activating group) is 1. The number of benzene rings is 2. The summed E-state index contributed by atoms with van der Waals surface area (Å²) >= 11 is 1.63. The van der Waals surface area contributed by atoms with Crippen LogP contribution in [-0.4, -0.2) is 67.0 Å². The van der Waals surface area contributed by atoms with E-state index in [0.717, 1.165) is 83.3 Å². The monoisotopic (exact) mass is 627 g/mol. The quantitative estimate of drug-likeness (QED) is 0.180. The number of anilines is 1. The van der Waals surface area contributed by atoms with Gasteiger partial charge in [0.25, 0.3) is 0 Å². The molecule has 5 aromatic rings. The number of hydrogen-bond acceptors (Lipinski definition) is 8. The van der Waals surface area contributed by atoms with Gasteiger partial charge in [0, 0.05) is 60.1 Å². The van der Waals surface area contributed by atoms with Gasteiger partial charge in [0.05, 0.1) is 11.3 Å². The van der Waals surface area contributed by atoms with Crippen LogP contribution >= 0.6 is 11.8 Å². The first-order valence-electron chi connectivity index (χ1n) is 15.7. The SMILES string of the molecule is C=C1C(=O)C(N(CC)C2CCN(Cc3ccc(-n4c(-c5cccnc5N)nc5ccc(-c6ccccc6)nc54)cc3)CC2)=C1SC. The van der Waals surface area contributed by atoms with Crippen molar-refractivity contribution in [2.24, 2.45) is 0 Å². The lowest BCUT2D eigenvalue weighted by Gasteiger charge is -2.43. The van der Waals surface area contributed by atoms with Crippen LogP contribution in [0.2, 0.25) is 0 Å². The Labute approximate surface area is 273 Å². The largest absolute Gasteiger partial charge is 0.383 e. The number of Topliss-reactive ketones (excluding diaryl/α,β-unsaturated/α-hetero) is 1. The van der Waals surface area contributed by atoms with Crippen molar-refractivity contribution in [1.82, 2.24) is 29.3 Å². The van der Waals surface area contributed by atoms with Crippen LogP contribution in [0.1, 0.15) is 25.3 Å². The number of fused-ring (bicyclic) bond motifs is 1. The third-order valence-electron chi connectivity index (χ3n) is 9.06. The van der Waals surface area contributed by atoms with E-state index in [4.69, 9.17) is 15.7 Å². The van der Waals surface area contributed by atoms with E-state index in [1.807, 2.05) is 48.7 Å². The third-order valence-corrected chi connectivity index (χ3v) is 9.91. The minimum absolute atomic E-state index is 0.111. The Morgan fingerprint density at radius 1 is 0.978 bits per heavy atom. The summed E-state index contributed by atoms with van der Waals surface area (Å²) in [5.41, 5.74) is 14.3. The summed E-state index contributed by atoms with van der Waals surface area (Å²) in [7, 11) is 0. The molecule has 0 unspecified atom stereocenters. The Balaban J connectivity index is 1.13. The molecule has 2 aliphatic rings. The number of piperidine rings is 1. The fourth-order valence-corrected chi connectivity index (χ4v) is 7.41. The second-order valence-electron chi connectivity index (χ2n) is 11.8. The van der Waals surface area contributed by atoms with Crippen molar-refractivity contribution in [2.75, 3.05) is 31.6 Å². The number of carbonyl (C=O) groups excluding carboxylic acids is 1. The molecule has 1 aliphatic carbocycles. The Hall–Kier alpha value is -4.73. The number of allylic oxidation sites excluding steroid dienone is 2. The van der Waals surface area contributed by atoms with Gasteiger partial charge >= 0.3 is 0 Å². The molecule has 0 bridgehead atoms. The fraction of sp³-hybridized carbons (Fsp3) is 0.243. The molecular weight excluding hydrogens is 591 g/mol. The molecule has 8 nitrogen and oxygen atoms in total. The second kappa shape index (κ2) is 12.6. The lowest BCUT2D eigenvalue weighted by atomic mass is 9.93. The number of ketones is 1. The highest BCUT2D eigenvalue weighted by molar-refractivity contribution is 8.02. The standard InChI is InChI=1S/C37H37N7OS/c1-4-43(32-33(45)24(2)34(32)46-3)27-18-21-42(22-19-27)23-25-12-14-28(15-13-25)44-36(29-11-8-20-39-35(29)38)41-31-17-16-30(40-37(31)44)26-9-6-5-7-10-26/h5-17,20,27H,2,4,18-19,21-23H2,1,3H3,(H2,38,39). The highest BCUT2D eigenvalue weighted by atomic mass is 32.2. The van der Waals surface area contributed by atoms with Gasteiger partial charge in [-0.1, -0.05) is 49.0 Å². The van der Waals surface area contributed by atoms with Gasteiger partial charge in [-0.25, -0.2) is 15.0 Å². The number of rotatable bonds is 9. The Morgan fingerprint density at radius 3 is 2.43 bits per heavy atom. The number of nitrogens with zero attached hydrogens (tertiary/aromatic N) is 6. The number of thioether (sulfide) groups is 1. The predicted molar refractivity (Wildman–Crippen MR) is 187 cm³/mol. The van der Waals surface area contributed by atoms with E-state index in [1.54, 1.807) is 18.0 Å². The van der Waals surface area contributed by atoms with Gasteiger partial charge in [-0.2, -0.15) is 0 Å². The van der Waals surface area contributed by atoms with Gasteiger partial charge in [-0.15, -0.1) is 11.8 Å². The maximum atomic E-state index is 12.6. The van der Waals surface area contributed by atoms with E-state index in [9.17, 15) is 4.79 Å². The van der Waals surface area contributed by atoms with Crippen LogP contribution in [0.3, 0.4) is 0 Å². The lowest BCUT2D eigenvalue weighted by molar-refractivity contribution is -0.115. The van der Waals surface area contributed by atoms with E-state index in [0.29, 0.717) is 23.3 Å². The van der Waals surface area contributed by atoms with Crippen LogP contribution in [0.15, 0.2) is 108 Å². The first-order chi connectivity index (χ1) is 22.5. The number of imidazole rings is 1. The summed E-state index contributed by atoms with van der Waals surface area (Å²) in [5.74, 6) is 1.25. The highest BCUT2D eigenvalue weighted by Gasteiger charge is 2.38. The van der Waals surface area contributed by atoms with Crippen LogP contribution in [0.25, 0.3) is 39.5 Å². The van der Waals surface area contributed by atoms with Gasteiger partial charge in [-0.3, -0.25) is 14.3 Å². The normalized spacial score (nSPS) is 15.9. The Morgan fingerprint density at radius 2 is 1.74 bits per heavy atom. The van der Waals surface area contributed by atoms with Crippen molar-refractivity contribution >= 4 is 34.5 Å². The highest BCUT2D eigenvalue weighted by Crippen LogP contribution is 2.40. The minimum atomic E-state index is 0.111. The maximum Gasteiger partial charge on any atom is 0.210 e. The van der Waals surface area contributed by atoms with E-state index in [1.165, 1.54) is 5.56 Å². The number of pyridine rings is 2. The van der Waals surface area contributed by atoms with Gasteiger partial charge in [0.15, 0.2) is 11.5 Å². The number of hydrogen-bond donors (Lipinski definition) is 1. The van der Waals surface area contributed by atoms with E-state index in [-0.39, 0.29) is 5.78 Å². The van der Waals surface area contributed by atoms with Crippen LogP contribution in [0.5, 0.6) is 0 Å². The van der Waals surface area contributed by atoms with Crippen molar-refractivity contribution in [3.05, 3.63) is 113 Å². The van der Waals surface area contributed by atoms with Gasteiger partial charge in [0.2, 0.25) is 5.78 Å². The van der Waals surface area contributed by atoms with Crippen molar-refractivity contribution in [1.29, 1.82) is 0 Å². The molecule has 4 heterocycles. The molecule has 1 fully saturated rings. The number of aromatic nitrogens is 4. The molecule has 0 atom stereocenters. The molecule has 0 saturated carbocycles. The zero-order valence-electron chi connectivity index (χ0n) is 26.2. The summed E-state index contributed by atoms with van der Waals surface area (Å²) in [6, 6.07) is 27.1. The summed E-state index contributed by atoms with van der Waals surface area (Å²) in [6.45, 7) is 9.79. The molecule has 1 aliphatic heterocycles. The van der Waals surface area contributed by atoms with Crippen LogP contribution in [0.4, 0.5) is 5.82 Å². The Kier molecular flexibility index (Phi) is 8.19. The molecule has 2 N–H and O–H groups in total. The molecule has 3 aromatic heterocycles. The number of likely N-dealkylation sites (tertiary alicyclic amines) is 1. The van der Waals surface area contributed by atoms with Crippen molar-refractivity contribution in [3.63, 3.8) is 0 Å². The molecule has 2 aromatic carbocycles. The van der Waals surface area contributed by atoms with Crippen molar-refractivity contribution in [2.45, 2.75) is 32.4 Å². The second-order valence-corrected chi connectivity index (χ2v) is 12.6. The van der Waals surface area contributed by atoms with Gasteiger partial charge < -0.3 is 10.6 Å². The zero-order chi connectivity index (χ0) is 31.8. The third kappa shape index (κ3) is 5.39. The molecule has 0 radical (unpaired) electrons. The molecule has 9 heteroatoms. The topological polar surface area (TPSA) is 93.2 Å². The summed E-state index contributed by atoms with van der Waals surface area (Å²) < 4.78 is 2.08. The molecule has 232 valence electrons. The number of nitrogens with two attached hydrogens (primary N) is 1. The average molecular weight is 628 g/mol. The predicted octanol–water partition coefficient (Wildman–Crippen LogP) is 6.73. The molecule has 7 rings (SSSR count). The first-order valence-corrected chi connectivity index (χ1v) is 17.0. The van der Waals surface area contributed by atoms with Gasteiger partial charge in [-0.05, 0) is 68.0 Å². The minimum Gasteiger partial charge on any atom is -0.383 e. The summed E-state index contributed by atoms with van der Waals surface area (Å²) in [6.07, 6.45) is 5.78. The summed E-state index contributed by atoms with van der Waals surface area (Å²) in [4.78, 5) is 32.9. The van der Waals surface area contributed by atoms with Crippen molar-refractivity contribution < 1.29 is 4.79 Å². The Bertz CT molecular complexity index is 1960. The molecule has 0 amide bonds. The fourth-order valence-electron chi connectivity index (χ4n) is 6.67. The lowest BCUT2D eigenvalue weighted by Crippen LogP contribution is -2.47. The van der Waals surface area contributed by atoms with E-state index in [2.05, 4.69) is 69.3 Å². The molecular formula is C37H37N7OS. The molecule has 0 spiro atoms. The maximum absolute atomic E-state index is 12.6. The smallest absolute Gasteiger partial charge is 0.210 e. The van der Waals surface area contributed by atoms with Gasteiger partial charge in [0.1, 0.15) is 17.0 Å².